The molecule has 0 nitrogen and oxygen atoms in total. The van der Waals surface area contributed by atoms with Gasteiger partial charge in [-0.25, -0.2) is 0 Å². The third-order valence-electron chi connectivity index (χ3n) is 6.40. The molecule has 4 rings (SSSR count). The van der Waals surface area contributed by atoms with Gasteiger partial charge in [-0.1, -0.05) is 0 Å². The number of fused-ring (bicyclic) bond motifs is 2. The Bertz CT molecular complexity index is 827. The van der Waals surface area contributed by atoms with E-state index in [1.807, 2.05) is 10.9 Å². The molecule has 3 aliphatic rings. The van der Waals surface area contributed by atoms with Crippen molar-refractivity contribution < 1.29 is 48.0 Å². The van der Waals surface area contributed by atoms with Gasteiger partial charge in [-0.2, -0.15) is 0 Å². The summed E-state index contributed by atoms with van der Waals surface area (Å²) >= 11 is -0.624. The van der Waals surface area contributed by atoms with Crippen molar-refractivity contribution in [1.29, 1.82) is 0 Å². The van der Waals surface area contributed by atoms with Crippen LogP contribution in [0.2, 0.25) is 3.63 Å². The molecule has 0 saturated heterocycles. The summed E-state index contributed by atoms with van der Waals surface area (Å²) in [7, 11) is -0.199. The number of hydrogen-bond donors (Lipinski definition) is 0. The van der Waals surface area contributed by atoms with Gasteiger partial charge in [-0.05, 0) is 0 Å². The Morgan fingerprint density at radius 2 is 1.60 bits per heavy atom. The fourth-order valence-corrected chi connectivity index (χ4v) is 16.2. The van der Waals surface area contributed by atoms with Gasteiger partial charge in [0.25, 0.3) is 0 Å². The fraction of sp³-hybridized carbons (Fsp3) is 0.538. The van der Waals surface area contributed by atoms with Crippen LogP contribution >= 0.6 is 7.92 Å². The van der Waals surface area contributed by atoms with Gasteiger partial charge in [0.1, 0.15) is 0 Å². The normalized spacial score (nSPS) is 24.8. The third-order valence-corrected chi connectivity index (χ3v) is 15.4. The molecule has 1 saturated carbocycles. The van der Waals surface area contributed by atoms with E-state index in [9.17, 15) is 0 Å². The maximum atomic E-state index is 2.63. The molecule has 30 heavy (non-hydrogen) atoms. The molecule has 3 unspecified atom stereocenters. The first-order chi connectivity index (χ1) is 13.2. The Labute approximate surface area is 209 Å². The Hall–Kier alpha value is 0.333. The van der Waals surface area contributed by atoms with Crippen molar-refractivity contribution in [3.05, 3.63) is 64.5 Å². The van der Waals surface area contributed by atoms with Gasteiger partial charge in [-0.15, -0.1) is 0 Å². The smallest absolute Gasteiger partial charge is 1.00 e. The zero-order chi connectivity index (χ0) is 20.1. The van der Waals surface area contributed by atoms with E-state index in [2.05, 4.69) is 90.1 Å². The van der Waals surface area contributed by atoms with Gasteiger partial charge >= 0.3 is 186 Å². The summed E-state index contributed by atoms with van der Waals surface area (Å²) in [4.78, 5) is 0. The maximum absolute atomic E-state index is 2.63. The van der Waals surface area contributed by atoms with Crippen molar-refractivity contribution in [1.82, 2.24) is 0 Å². The first-order valence-corrected chi connectivity index (χ1v) is 15.1. The van der Waals surface area contributed by atoms with Crippen LogP contribution in [0.25, 0.3) is 6.08 Å². The minimum Gasteiger partial charge on any atom is -1.00 e. The quantitative estimate of drug-likeness (QED) is 0.517. The molecule has 0 amide bonds. The molecule has 0 bridgehead atoms. The zero-order valence-corrected chi connectivity index (χ0v) is 24.0. The molecule has 0 N–H and O–H groups in total. The second-order valence-electron chi connectivity index (χ2n) is 10.6. The largest absolute Gasteiger partial charge is 1.00 e. The van der Waals surface area contributed by atoms with Gasteiger partial charge in [0.15, 0.2) is 0 Å². The molecule has 1 aromatic rings. The molecule has 1 aromatic carbocycles. The summed E-state index contributed by atoms with van der Waals surface area (Å²) in [6.07, 6.45) is 14.0. The summed E-state index contributed by atoms with van der Waals surface area (Å²) in [6.45, 7) is 14.9. The molecule has 3 aliphatic carbocycles. The van der Waals surface area contributed by atoms with Gasteiger partial charge in [0, 0.05) is 0 Å². The van der Waals surface area contributed by atoms with E-state index < -0.39 is 23.2 Å². The minimum absolute atomic E-state index is 0. The van der Waals surface area contributed by atoms with Gasteiger partial charge in [-0.3, -0.25) is 0 Å². The Balaban J connectivity index is 0.00000160. The molecule has 0 spiro atoms. The number of halogens is 2. The van der Waals surface area contributed by atoms with Crippen LogP contribution < -0.4 is 24.8 Å². The third kappa shape index (κ3) is 5.28. The summed E-state index contributed by atoms with van der Waals surface area (Å²) in [6, 6.07) is 9.33. The van der Waals surface area contributed by atoms with Crippen LogP contribution in [-0.2, 0) is 23.2 Å². The summed E-state index contributed by atoms with van der Waals surface area (Å²) in [5, 5.41) is 2.53. The van der Waals surface area contributed by atoms with Crippen LogP contribution in [0.5, 0.6) is 0 Å². The predicted molar refractivity (Wildman–Crippen MR) is 122 cm³/mol. The average Bonchev–Trinajstić information content (AvgIpc) is 3.15. The second-order valence-corrected chi connectivity index (χ2v) is 18.5. The maximum Gasteiger partial charge on any atom is -1.00 e. The van der Waals surface area contributed by atoms with E-state index >= 15 is 0 Å². The summed E-state index contributed by atoms with van der Waals surface area (Å²) in [5.74, 6) is 0.867. The van der Waals surface area contributed by atoms with E-state index in [-0.39, 0.29) is 32.7 Å². The van der Waals surface area contributed by atoms with Crippen LogP contribution in [0.1, 0.15) is 75.6 Å². The van der Waals surface area contributed by atoms with Crippen molar-refractivity contribution in [3.8, 4) is 0 Å². The van der Waals surface area contributed by atoms with Crippen molar-refractivity contribution in [2.45, 2.75) is 78.4 Å². The van der Waals surface area contributed by atoms with E-state index in [0.717, 1.165) is 13.2 Å². The molecule has 0 heterocycles. The molecule has 0 aromatic heterocycles. The number of benzene rings is 1. The van der Waals surface area contributed by atoms with E-state index in [0.29, 0.717) is 10.3 Å². The van der Waals surface area contributed by atoms with Crippen LogP contribution in [0, 0.1) is 5.92 Å². The number of allylic oxidation sites excluding steroid dienone is 5. The van der Waals surface area contributed by atoms with E-state index in [4.69, 9.17) is 0 Å². The molecule has 1 fully saturated rings. The molecule has 3 atom stereocenters. The SMILES string of the molecule is CC(C)(C)P(C1=Cc2ccccc2[CH]1[Zr+2][CH]1CCC2CC=CC=C21)C(C)(C)C.[Cl-].[Cl-]. The zero-order valence-electron chi connectivity index (χ0n) is 19.2. The van der Waals surface area contributed by atoms with Crippen LogP contribution in [0.3, 0.4) is 0 Å². The van der Waals surface area contributed by atoms with E-state index in [1.54, 1.807) is 5.56 Å². The van der Waals surface area contributed by atoms with Gasteiger partial charge < -0.3 is 24.8 Å². The first-order valence-electron chi connectivity index (χ1n) is 10.9. The fourth-order valence-electron chi connectivity index (χ4n) is 5.75. The monoisotopic (exact) mass is 538 g/mol. The van der Waals surface area contributed by atoms with E-state index in [1.165, 1.54) is 24.8 Å². The molecule has 0 aliphatic heterocycles. The van der Waals surface area contributed by atoms with Crippen molar-refractivity contribution in [2.75, 3.05) is 0 Å². The number of hydrogen-bond acceptors (Lipinski definition) is 0. The van der Waals surface area contributed by atoms with Crippen molar-refractivity contribution in [2.24, 2.45) is 5.92 Å². The molecule has 162 valence electrons. The Morgan fingerprint density at radius 1 is 0.933 bits per heavy atom. The average molecular weight is 541 g/mol. The van der Waals surface area contributed by atoms with Crippen molar-refractivity contribution >= 4 is 14.0 Å². The summed E-state index contributed by atoms with van der Waals surface area (Å²) in [5.41, 5.74) is 5.02. The molecular formula is C26H35Cl2PZr. The molecular weight excluding hydrogens is 505 g/mol. The Kier molecular flexibility index (Phi) is 8.93. The van der Waals surface area contributed by atoms with Crippen molar-refractivity contribution in [3.63, 3.8) is 0 Å². The predicted octanol–water partition coefficient (Wildman–Crippen LogP) is 2.34. The minimum atomic E-state index is -0.624. The van der Waals surface area contributed by atoms with Crippen LogP contribution in [0.4, 0.5) is 0 Å². The summed E-state index contributed by atoms with van der Waals surface area (Å²) < 4.78 is 1.72. The van der Waals surface area contributed by atoms with Crippen LogP contribution in [-0.4, -0.2) is 10.3 Å². The standard InChI is InChI=1S/C17H24P.C9H11.2ClH.Zr/c1-16(2,3)18(17(4,5)6)15-11-13-9-7-8-10-14(13)12-15;1-2-5-9-7-3-6-8(9)4-1;;;/h7-12H,1-6H3;1-2,4,6,9H,3,5,7H2;2*1H;/q;;;;+2/p-2. The Morgan fingerprint density at radius 3 is 2.27 bits per heavy atom. The second kappa shape index (κ2) is 10.1. The van der Waals surface area contributed by atoms with Crippen LogP contribution in [0.15, 0.2) is 53.4 Å². The topological polar surface area (TPSA) is 0 Å². The first kappa shape index (κ1) is 26.6. The van der Waals surface area contributed by atoms with Gasteiger partial charge in [0.05, 0.1) is 0 Å². The molecule has 4 heteroatoms. The number of rotatable bonds is 3. The molecule has 0 radical (unpaired) electrons. The van der Waals surface area contributed by atoms with Gasteiger partial charge in [0.2, 0.25) is 0 Å².